The van der Waals surface area contributed by atoms with E-state index in [1.807, 2.05) is 4.90 Å². The first-order valence-corrected chi connectivity index (χ1v) is 9.91. The average molecular weight is 350 g/mol. The van der Waals surface area contributed by atoms with Crippen LogP contribution in [0.1, 0.15) is 49.9 Å². The second kappa shape index (κ2) is 6.20. The van der Waals surface area contributed by atoms with E-state index in [0.29, 0.717) is 11.3 Å². The van der Waals surface area contributed by atoms with Crippen molar-refractivity contribution in [2.45, 2.75) is 51.6 Å². The molecule has 0 N–H and O–H groups in total. The second-order valence-electron chi connectivity index (χ2n) is 6.61. The third-order valence-electron chi connectivity index (χ3n) is 4.86. The van der Waals surface area contributed by atoms with Gasteiger partial charge in [0.15, 0.2) is 0 Å². The van der Waals surface area contributed by atoms with E-state index in [9.17, 15) is 18.0 Å². The zero-order valence-corrected chi connectivity index (χ0v) is 14.8. The molecule has 130 valence electrons. The fraction of sp³-hybridized carbons (Fsp3) is 0.529. The Balaban J connectivity index is 1.84. The standard InChI is InChI=1S/C17H22N2O4S/c1-12-4-3-5-13(2)18(12)17(21)14-6-8-15(9-7-14)19-16(20)10-11-24(19,22)23/h6-9,12-13H,3-5,10-11H2,1-2H3/t12-,13+. The number of likely N-dealkylation sites (tertiary alicyclic amines) is 1. The number of sulfonamides is 1. The molecule has 2 saturated heterocycles. The molecule has 2 aliphatic heterocycles. The largest absolute Gasteiger partial charge is 0.333 e. The lowest BCUT2D eigenvalue weighted by atomic mass is 9.96. The van der Waals surface area contributed by atoms with Crippen LogP contribution in [-0.4, -0.2) is 43.0 Å². The van der Waals surface area contributed by atoms with Crippen molar-refractivity contribution >= 4 is 27.5 Å². The molecule has 0 bridgehead atoms. The highest BCUT2D eigenvalue weighted by atomic mass is 32.2. The highest BCUT2D eigenvalue weighted by Crippen LogP contribution is 2.28. The third kappa shape index (κ3) is 2.92. The minimum absolute atomic E-state index is 0.00578. The molecular weight excluding hydrogens is 328 g/mol. The number of nitrogens with zero attached hydrogens (tertiary/aromatic N) is 2. The van der Waals surface area contributed by atoms with Gasteiger partial charge >= 0.3 is 0 Å². The first-order valence-electron chi connectivity index (χ1n) is 8.30. The van der Waals surface area contributed by atoms with Crippen molar-refractivity contribution in [2.75, 3.05) is 10.1 Å². The lowest BCUT2D eigenvalue weighted by molar-refractivity contribution is -0.116. The number of hydrogen-bond donors (Lipinski definition) is 0. The summed E-state index contributed by atoms with van der Waals surface area (Å²) in [6, 6.07) is 6.67. The first kappa shape index (κ1) is 17.0. The topological polar surface area (TPSA) is 74.8 Å². The molecule has 6 nitrogen and oxygen atoms in total. The molecule has 1 aromatic rings. The van der Waals surface area contributed by atoms with Gasteiger partial charge in [-0.05, 0) is 57.4 Å². The van der Waals surface area contributed by atoms with Crippen LogP contribution in [0.2, 0.25) is 0 Å². The van der Waals surface area contributed by atoms with Gasteiger partial charge in [-0.3, -0.25) is 9.59 Å². The van der Waals surface area contributed by atoms with Crippen LogP contribution >= 0.6 is 0 Å². The van der Waals surface area contributed by atoms with E-state index in [1.54, 1.807) is 12.1 Å². The summed E-state index contributed by atoms with van der Waals surface area (Å²) in [5.41, 5.74) is 0.817. The van der Waals surface area contributed by atoms with Crippen molar-refractivity contribution in [2.24, 2.45) is 0 Å². The number of carbonyl (C=O) groups is 2. The van der Waals surface area contributed by atoms with E-state index >= 15 is 0 Å². The van der Waals surface area contributed by atoms with Crippen LogP contribution in [-0.2, 0) is 14.8 Å². The van der Waals surface area contributed by atoms with Crippen LogP contribution in [0.3, 0.4) is 0 Å². The van der Waals surface area contributed by atoms with E-state index in [1.165, 1.54) is 12.1 Å². The van der Waals surface area contributed by atoms with Crippen molar-refractivity contribution in [1.29, 1.82) is 0 Å². The molecule has 0 saturated carbocycles. The van der Waals surface area contributed by atoms with E-state index in [2.05, 4.69) is 13.8 Å². The lowest BCUT2D eigenvalue weighted by Crippen LogP contribution is -2.47. The molecule has 0 aromatic heterocycles. The van der Waals surface area contributed by atoms with E-state index in [0.717, 1.165) is 23.6 Å². The molecule has 0 aliphatic carbocycles. The smallest absolute Gasteiger partial charge is 0.254 e. The summed E-state index contributed by atoms with van der Waals surface area (Å²) >= 11 is 0. The van der Waals surface area contributed by atoms with E-state index in [-0.39, 0.29) is 30.2 Å². The summed E-state index contributed by atoms with van der Waals surface area (Å²) in [7, 11) is -3.57. The van der Waals surface area contributed by atoms with Gasteiger partial charge in [0.2, 0.25) is 15.9 Å². The molecule has 1 aromatic carbocycles. The summed E-state index contributed by atoms with van der Waals surface area (Å²) in [5.74, 6) is -0.626. The predicted molar refractivity (Wildman–Crippen MR) is 91.3 cm³/mol. The molecule has 0 unspecified atom stereocenters. The summed E-state index contributed by atoms with van der Waals surface area (Å²) in [5, 5.41) is 0. The summed E-state index contributed by atoms with van der Waals surface area (Å²) in [6.45, 7) is 4.11. The van der Waals surface area contributed by atoms with Crippen LogP contribution in [0, 0.1) is 0 Å². The fourth-order valence-electron chi connectivity index (χ4n) is 3.58. The van der Waals surface area contributed by atoms with Crippen LogP contribution in [0.5, 0.6) is 0 Å². The fourth-order valence-corrected chi connectivity index (χ4v) is 5.04. The van der Waals surface area contributed by atoms with Crippen LogP contribution < -0.4 is 4.31 Å². The van der Waals surface area contributed by atoms with Gasteiger partial charge in [-0.2, -0.15) is 0 Å². The van der Waals surface area contributed by atoms with Crippen LogP contribution in [0.15, 0.2) is 24.3 Å². The minimum Gasteiger partial charge on any atom is -0.333 e. The highest BCUT2D eigenvalue weighted by molar-refractivity contribution is 7.94. The third-order valence-corrected chi connectivity index (χ3v) is 6.55. The quantitative estimate of drug-likeness (QED) is 0.819. The van der Waals surface area contributed by atoms with Crippen LogP contribution in [0.4, 0.5) is 5.69 Å². The maximum Gasteiger partial charge on any atom is 0.254 e. The Morgan fingerprint density at radius 2 is 1.67 bits per heavy atom. The van der Waals surface area contributed by atoms with Crippen molar-refractivity contribution in [1.82, 2.24) is 4.90 Å². The summed E-state index contributed by atoms with van der Waals surface area (Å²) in [4.78, 5) is 26.5. The van der Waals surface area contributed by atoms with Gasteiger partial charge < -0.3 is 4.90 Å². The average Bonchev–Trinajstić information content (AvgIpc) is 2.80. The minimum atomic E-state index is -3.57. The molecule has 2 fully saturated rings. The molecule has 2 atom stereocenters. The Kier molecular flexibility index (Phi) is 4.38. The Hall–Kier alpha value is -1.89. The molecule has 2 aliphatic rings. The van der Waals surface area contributed by atoms with Crippen LogP contribution in [0.25, 0.3) is 0 Å². The number of amides is 2. The molecule has 3 rings (SSSR count). The van der Waals surface area contributed by atoms with Gasteiger partial charge in [-0.15, -0.1) is 0 Å². The van der Waals surface area contributed by atoms with Gasteiger partial charge in [0.1, 0.15) is 0 Å². The Morgan fingerprint density at radius 3 is 2.17 bits per heavy atom. The molecule has 0 radical (unpaired) electrons. The Labute approximate surface area is 142 Å². The predicted octanol–water partition coefficient (Wildman–Crippen LogP) is 2.16. The van der Waals surface area contributed by atoms with Gasteiger partial charge in [-0.25, -0.2) is 12.7 Å². The number of benzene rings is 1. The van der Waals surface area contributed by atoms with E-state index < -0.39 is 15.9 Å². The molecule has 2 amide bonds. The number of anilines is 1. The maximum absolute atomic E-state index is 12.8. The summed E-state index contributed by atoms with van der Waals surface area (Å²) < 4.78 is 24.8. The second-order valence-corrected chi connectivity index (χ2v) is 8.55. The zero-order valence-electron chi connectivity index (χ0n) is 13.9. The number of rotatable bonds is 2. The molecule has 7 heteroatoms. The van der Waals surface area contributed by atoms with Gasteiger partial charge in [0.25, 0.3) is 5.91 Å². The lowest BCUT2D eigenvalue weighted by Gasteiger charge is -2.39. The zero-order chi connectivity index (χ0) is 17.5. The maximum atomic E-state index is 12.8. The summed E-state index contributed by atoms with van der Waals surface area (Å²) in [6.07, 6.45) is 3.12. The van der Waals surface area contributed by atoms with Gasteiger partial charge in [0, 0.05) is 24.1 Å². The molecule has 2 heterocycles. The number of piperidine rings is 1. The Morgan fingerprint density at radius 1 is 1.08 bits per heavy atom. The molecular formula is C17H22N2O4S. The number of hydrogen-bond acceptors (Lipinski definition) is 4. The van der Waals surface area contributed by atoms with Crippen molar-refractivity contribution in [3.05, 3.63) is 29.8 Å². The van der Waals surface area contributed by atoms with E-state index in [4.69, 9.17) is 0 Å². The highest BCUT2D eigenvalue weighted by Gasteiger charge is 2.36. The number of carbonyl (C=O) groups excluding carboxylic acids is 2. The molecule has 24 heavy (non-hydrogen) atoms. The monoisotopic (exact) mass is 350 g/mol. The molecule has 0 spiro atoms. The SMILES string of the molecule is C[C@@H]1CCC[C@H](C)N1C(=O)c1ccc(N2C(=O)CCS2(=O)=O)cc1. The van der Waals surface area contributed by atoms with Gasteiger partial charge in [0.05, 0.1) is 11.4 Å². The Bertz CT molecular complexity index is 747. The van der Waals surface area contributed by atoms with Crippen molar-refractivity contribution < 1.29 is 18.0 Å². The normalized spacial score (nSPS) is 26.7. The van der Waals surface area contributed by atoms with Crippen molar-refractivity contribution in [3.8, 4) is 0 Å². The van der Waals surface area contributed by atoms with Gasteiger partial charge in [-0.1, -0.05) is 0 Å². The first-order chi connectivity index (χ1) is 11.3. The van der Waals surface area contributed by atoms with Crippen molar-refractivity contribution in [3.63, 3.8) is 0 Å².